The first-order valence-corrected chi connectivity index (χ1v) is 8.75. The molecule has 1 aliphatic carbocycles. The molecule has 1 aromatic carbocycles. The number of ether oxygens (including phenoxy) is 2. The Bertz CT molecular complexity index is 589. The number of amides is 1. The fourth-order valence-electron chi connectivity index (χ4n) is 3.68. The molecule has 3 atom stereocenters. The first-order chi connectivity index (χ1) is 11.6. The summed E-state index contributed by atoms with van der Waals surface area (Å²) in [6.45, 7) is 0.703. The van der Waals surface area contributed by atoms with Gasteiger partial charge < -0.3 is 19.5 Å². The SMILES string of the molecule is CO[C@@H]1COC[C@@H](N(C)C(=O)Cc2ccc3c(c2)CCCC3)[C@@H]1O. The van der Waals surface area contributed by atoms with Crippen LogP contribution in [-0.4, -0.2) is 61.5 Å². The molecule has 0 unspecified atom stereocenters. The molecule has 1 saturated heterocycles. The summed E-state index contributed by atoms with van der Waals surface area (Å²) in [5.41, 5.74) is 3.85. The van der Waals surface area contributed by atoms with Gasteiger partial charge in [-0.3, -0.25) is 4.79 Å². The Morgan fingerprint density at radius 2 is 2.04 bits per heavy atom. The predicted octanol–water partition coefficient (Wildman–Crippen LogP) is 1.34. The van der Waals surface area contributed by atoms with Gasteiger partial charge in [0.15, 0.2) is 0 Å². The van der Waals surface area contributed by atoms with Crippen LogP contribution in [0.25, 0.3) is 0 Å². The second kappa shape index (κ2) is 7.64. The van der Waals surface area contributed by atoms with Crippen molar-refractivity contribution in [3.63, 3.8) is 0 Å². The minimum atomic E-state index is -0.721. The Kier molecular flexibility index (Phi) is 5.54. The molecule has 1 heterocycles. The topological polar surface area (TPSA) is 59.0 Å². The molecule has 2 aliphatic rings. The number of hydrogen-bond donors (Lipinski definition) is 1. The van der Waals surface area contributed by atoms with Crippen LogP contribution in [0.2, 0.25) is 0 Å². The van der Waals surface area contributed by atoms with Crippen LogP contribution in [0, 0.1) is 0 Å². The van der Waals surface area contributed by atoms with Crippen molar-refractivity contribution >= 4 is 5.91 Å². The predicted molar refractivity (Wildman–Crippen MR) is 91.0 cm³/mol. The van der Waals surface area contributed by atoms with Crippen molar-refractivity contribution in [2.24, 2.45) is 0 Å². The van der Waals surface area contributed by atoms with E-state index in [9.17, 15) is 9.90 Å². The molecule has 1 aliphatic heterocycles. The molecule has 0 aromatic heterocycles. The molecular weight excluding hydrogens is 306 g/mol. The van der Waals surface area contributed by atoms with Gasteiger partial charge in [0.05, 0.1) is 25.7 Å². The lowest BCUT2D eigenvalue weighted by Crippen LogP contribution is -2.57. The maximum atomic E-state index is 12.6. The number of fused-ring (bicyclic) bond motifs is 1. The van der Waals surface area contributed by atoms with Crippen molar-refractivity contribution in [2.75, 3.05) is 27.4 Å². The Morgan fingerprint density at radius 1 is 1.29 bits per heavy atom. The van der Waals surface area contributed by atoms with Crippen molar-refractivity contribution in [1.82, 2.24) is 4.90 Å². The summed E-state index contributed by atoms with van der Waals surface area (Å²) in [6, 6.07) is 6.03. The van der Waals surface area contributed by atoms with Gasteiger partial charge in [-0.2, -0.15) is 0 Å². The number of hydrogen-bond acceptors (Lipinski definition) is 4. The molecule has 0 saturated carbocycles. The van der Waals surface area contributed by atoms with E-state index in [1.165, 1.54) is 24.0 Å². The average Bonchev–Trinajstić information content (AvgIpc) is 2.61. The summed E-state index contributed by atoms with van der Waals surface area (Å²) in [6.07, 6.45) is 3.99. The molecule has 1 fully saturated rings. The Balaban J connectivity index is 1.65. The van der Waals surface area contributed by atoms with E-state index in [1.54, 1.807) is 19.1 Å². The Morgan fingerprint density at radius 3 is 2.79 bits per heavy atom. The first-order valence-electron chi connectivity index (χ1n) is 8.75. The van der Waals surface area contributed by atoms with E-state index in [4.69, 9.17) is 9.47 Å². The number of nitrogens with zero attached hydrogens (tertiary/aromatic N) is 1. The largest absolute Gasteiger partial charge is 0.388 e. The van der Waals surface area contributed by atoms with Crippen molar-refractivity contribution in [2.45, 2.75) is 50.4 Å². The lowest BCUT2D eigenvalue weighted by molar-refractivity contribution is -0.157. The van der Waals surface area contributed by atoms with Gasteiger partial charge in [-0.15, -0.1) is 0 Å². The first kappa shape index (κ1) is 17.4. The molecule has 1 amide bonds. The van der Waals surface area contributed by atoms with Gasteiger partial charge >= 0.3 is 0 Å². The van der Waals surface area contributed by atoms with Gasteiger partial charge in [0, 0.05) is 14.2 Å². The zero-order valence-electron chi connectivity index (χ0n) is 14.5. The Hall–Kier alpha value is -1.43. The second-order valence-electron chi connectivity index (χ2n) is 6.86. The maximum Gasteiger partial charge on any atom is 0.227 e. The van der Waals surface area contributed by atoms with Gasteiger partial charge in [-0.05, 0) is 42.4 Å². The zero-order chi connectivity index (χ0) is 17.1. The lowest BCUT2D eigenvalue weighted by Gasteiger charge is -2.39. The molecule has 0 radical (unpaired) electrons. The highest BCUT2D eigenvalue weighted by Gasteiger charge is 2.36. The highest BCUT2D eigenvalue weighted by Crippen LogP contribution is 2.23. The number of aliphatic hydroxyl groups excluding tert-OH is 1. The van der Waals surface area contributed by atoms with Crippen LogP contribution in [0.4, 0.5) is 0 Å². The van der Waals surface area contributed by atoms with Crippen LogP contribution in [0.5, 0.6) is 0 Å². The fraction of sp³-hybridized carbons (Fsp3) is 0.632. The van der Waals surface area contributed by atoms with Gasteiger partial charge in [0.1, 0.15) is 12.2 Å². The normalized spacial score (nSPS) is 26.7. The van der Waals surface area contributed by atoms with E-state index in [2.05, 4.69) is 18.2 Å². The summed E-state index contributed by atoms with van der Waals surface area (Å²) in [7, 11) is 3.28. The third-order valence-electron chi connectivity index (χ3n) is 5.31. The number of benzene rings is 1. The summed E-state index contributed by atoms with van der Waals surface area (Å²) < 4.78 is 10.7. The van der Waals surface area contributed by atoms with Gasteiger partial charge in [-0.25, -0.2) is 0 Å². The van der Waals surface area contributed by atoms with E-state index in [0.717, 1.165) is 18.4 Å². The number of aryl methyl sites for hydroxylation is 2. The van der Waals surface area contributed by atoms with Crippen LogP contribution in [-0.2, 0) is 33.5 Å². The van der Waals surface area contributed by atoms with Crippen molar-refractivity contribution in [3.8, 4) is 0 Å². The summed E-state index contributed by atoms with van der Waals surface area (Å²) in [4.78, 5) is 14.2. The molecule has 5 nitrogen and oxygen atoms in total. The van der Waals surface area contributed by atoms with Crippen molar-refractivity contribution < 1.29 is 19.4 Å². The number of carbonyl (C=O) groups excluding carboxylic acids is 1. The quantitative estimate of drug-likeness (QED) is 0.903. The zero-order valence-corrected chi connectivity index (χ0v) is 14.5. The smallest absolute Gasteiger partial charge is 0.227 e. The summed E-state index contributed by atoms with van der Waals surface area (Å²) >= 11 is 0. The standard InChI is InChI=1S/C19H27NO4/c1-20(16-11-24-12-17(23-2)19(16)22)18(21)10-13-7-8-14-5-3-4-6-15(14)9-13/h7-9,16-17,19,22H,3-6,10-12H2,1-2H3/t16-,17-,19+/m1/s1. The van der Waals surface area contributed by atoms with Gasteiger partial charge in [0.2, 0.25) is 5.91 Å². The second-order valence-corrected chi connectivity index (χ2v) is 6.86. The van der Waals surface area contributed by atoms with E-state index < -0.39 is 6.10 Å². The average molecular weight is 333 g/mol. The third-order valence-corrected chi connectivity index (χ3v) is 5.31. The monoisotopic (exact) mass is 333 g/mol. The summed E-state index contributed by atoms with van der Waals surface area (Å²) in [5.74, 6) is -0.00448. The number of carbonyl (C=O) groups is 1. The van der Waals surface area contributed by atoms with Crippen LogP contribution < -0.4 is 0 Å². The van der Waals surface area contributed by atoms with Crippen LogP contribution in [0.3, 0.4) is 0 Å². The van der Waals surface area contributed by atoms with Crippen LogP contribution in [0.15, 0.2) is 18.2 Å². The molecule has 1 aromatic rings. The highest BCUT2D eigenvalue weighted by atomic mass is 16.5. The fourth-order valence-corrected chi connectivity index (χ4v) is 3.68. The van der Waals surface area contributed by atoms with Crippen LogP contribution >= 0.6 is 0 Å². The van der Waals surface area contributed by atoms with Crippen molar-refractivity contribution in [1.29, 1.82) is 0 Å². The van der Waals surface area contributed by atoms with Crippen molar-refractivity contribution in [3.05, 3.63) is 34.9 Å². The molecule has 1 N–H and O–H groups in total. The molecule has 3 rings (SSSR count). The maximum absolute atomic E-state index is 12.6. The van der Waals surface area contributed by atoms with Gasteiger partial charge in [0.25, 0.3) is 0 Å². The van der Waals surface area contributed by atoms with E-state index in [0.29, 0.717) is 19.6 Å². The van der Waals surface area contributed by atoms with E-state index in [-0.39, 0.29) is 18.1 Å². The molecule has 5 heteroatoms. The van der Waals surface area contributed by atoms with Gasteiger partial charge in [-0.1, -0.05) is 18.2 Å². The third kappa shape index (κ3) is 3.63. The molecular formula is C19H27NO4. The minimum Gasteiger partial charge on any atom is -0.388 e. The number of methoxy groups -OCH3 is 1. The number of aliphatic hydroxyl groups is 1. The highest BCUT2D eigenvalue weighted by molar-refractivity contribution is 5.79. The van der Waals surface area contributed by atoms with Crippen LogP contribution in [0.1, 0.15) is 29.5 Å². The molecule has 0 bridgehead atoms. The lowest BCUT2D eigenvalue weighted by atomic mass is 9.90. The number of rotatable bonds is 4. The Labute approximate surface area is 143 Å². The van der Waals surface area contributed by atoms with E-state index in [1.807, 2.05) is 0 Å². The summed E-state index contributed by atoms with van der Waals surface area (Å²) in [5, 5.41) is 10.4. The molecule has 24 heavy (non-hydrogen) atoms. The molecule has 0 spiro atoms. The minimum absolute atomic E-state index is 0.00448. The number of likely N-dealkylation sites (N-methyl/N-ethyl adjacent to an activating group) is 1. The molecule has 132 valence electrons. The van der Waals surface area contributed by atoms with E-state index >= 15 is 0 Å².